The van der Waals surface area contributed by atoms with E-state index in [1.54, 1.807) is 18.2 Å². The van der Waals surface area contributed by atoms with E-state index in [0.717, 1.165) is 9.79 Å². The van der Waals surface area contributed by atoms with Gasteiger partial charge in [0, 0.05) is 50.5 Å². The molecule has 3 rings (SSSR count). The molecule has 2 N–H and O–H groups in total. The minimum atomic E-state index is -0.459. The third-order valence-electron chi connectivity index (χ3n) is 4.22. The smallest absolute Gasteiger partial charge is 0.269 e. The van der Waals surface area contributed by atoms with E-state index in [4.69, 9.17) is 23.2 Å². The molecule has 6 nitrogen and oxygen atoms in total. The summed E-state index contributed by atoms with van der Waals surface area (Å²) in [6.07, 6.45) is 0.701. The van der Waals surface area contributed by atoms with Crippen LogP contribution in [0.3, 0.4) is 0 Å². The fraction of sp³-hybridized carbons (Fsp3) is 0.0952. The summed E-state index contributed by atoms with van der Waals surface area (Å²) in [6, 6.07) is 14.9. The van der Waals surface area contributed by atoms with Crippen LogP contribution in [0.15, 0.2) is 64.4 Å². The average molecular weight is 463 g/mol. The number of aromatic hydroxyl groups is 1. The lowest BCUT2D eigenvalue weighted by Gasteiger charge is -2.14. The maximum atomic E-state index is 11.2. The number of rotatable bonds is 8. The van der Waals surface area contributed by atoms with Gasteiger partial charge in [-0.3, -0.25) is 10.1 Å². The molecule has 0 amide bonds. The van der Waals surface area contributed by atoms with Gasteiger partial charge in [0.15, 0.2) is 0 Å². The van der Waals surface area contributed by atoms with Crippen molar-refractivity contribution in [1.82, 2.24) is 0 Å². The van der Waals surface area contributed by atoms with Crippen molar-refractivity contribution < 1.29 is 14.8 Å². The fourth-order valence-corrected chi connectivity index (χ4v) is 4.06. The maximum absolute atomic E-state index is 11.2. The number of aldehydes is 1. The first kappa shape index (κ1) is 22.0. The monoisotopic (exact) mass is 462 g/mol. The van der Waals surface area contributed by atoms with E-state index in [2.05, 4.69) is 5.32 Å². The molecule has 0 atom stereocenters. The van der Waals surface area contributed by atoms with Gasteiger partial charge in [-0.05, 0) is 48.0 Å². The van der Waals surface area contributed by atoms with Crippen LogP contribution < -0.4 is 5.32 Å². The highest BCUT2D eigenvalue weighted by molar-refractivity contribution is 7.99. The number of nitrogens with zero attached hydrogens (tertiary/aromatic N) is 1. The van der Waals surface area contributed by atoms with E-state index >= 15 is 0 Å². The predicted octanol–water partition coefficient (Wildman–Crippen LogP) is 6.11. The highest BCUT2D eigenvalue weighted by atomic mass is 35.5. The van der Waals surface area contributed by atoms with Gasteiger partial charge in [-0.25, -0.2) is 0 Å². The van der Waals surface area contributed by atoms with Crippen LogP contribution in [0, 0.1) is 10.1 Å². The van der Waals surface area contributed by atoms with E-state index in [0.29, 0.717) is 33.1 Å². The molecule has 0 aromatic heterocycles. The Morgan fingerprint density at radius 1 is 1.03 bits per heavy atom. The van der Waals surface area contributed by atoms with E-state index in [1.807, 2.05) is 12.1 Å². The van der Waals surface area contributed by atoms with Crippen molar-refractivity contribution in [3.63, 3.8) is 0 Å². The second kappa shape index (κ2) is 9.84. The number of nitro benzene ring substituents is 1. The molecule has 0 radical (unpaired) electrons. The zero-order valence-electron chi connectivity index (χ0n) is 15.5. The first-order chi connectivity index (χ1) is 14.4. The third kappa shape index (κ3) is 5.44. The van der Waals surface area contributed by atoms with Crippen LogP contribution >= 0.6 is 35.0 Å². The van der Waals surface area contributed by atoms with E-state index in [9.17, 15) is 20.0 Å². The molecule has 30 heavy (non-hydrogen) atoms. The number of anilines is 1. The number of phenolic OH excluding ortho intramolecular Hbond substituents is 1. The number of halogens is 2. The van der Waals surface area contributed by atoms with Gasteiger partial charge < -0.3 is 15.2 Å². The van der Waals surface area contributed by atoms with Gasteiger partial charge in [-0.2, -0.15) is 0 Å². The zero-order valence-corrected chi connectivity index (χ0v) is 17.8. The number of benzene rings is 3. The summed E-state index contributed by atoms with van der Waals surface area (Å²) >= 11 is 13.5. The van der Waals surface area contributed by atoms with Crippen molar-refractivity contribution in [2.75, 3.05) is 5.32 Å². The van der Waals surface area contributed by atoms with Crippen molar-refractivity contribution in [2.24, 2.45) is 0 Å². The highest BCUT2D eigenvalue weighted by Crippen LogP contribution is 2.35. The molecular weight excluding hydrogens is 447 g/mol. The molecule has 0 unspecified atom stereocenters. The van der Waals surface area contributed by atoms with E-state index in [-0.39, 0.29) is 24.4 Å². The van der Waals surface area contributed by atoms with Crippen molar-refractivity contribution >= 4 is 52.6 Å². The Labute approximate surface area is 187 Å². The zero-order chi connectivity index (χ0) is 21.7. The predicted molar refractivity (Wildman–Crippen MR) is 119 cm³/mol. The summed E-state index contributed by atoms with van der Waals surface area (Å²) in [7, 11) is 0. The topological polar surface area (TPSA) is 92.5 Å². The van der Waals surface area contributed by atoms with Gasteiger partial charge >= 0.3 is 0 Å². The van der Waals surface area contributed by atoms with Gasteiger partial charge in [-0.1, -0.05) is 35.0 Å². The van der Waals surface area contributed by atoms with Crippen LogP contribution in [-0.4, -0.2) is 16.3 Å². The number of non-ortho nitro benzene ring substituents is 1. The lowest BCUT2D eigenvalue weighted by atomic mass is 10.1. The lowest BCUT2D eigenvalue weighted by molar-refractivity contribution is -0.385. The summed E-state index contributed by atoms with van der Waals surface area (Å²) in [6.45, 7) is 0.200. The fourth-order valence-electron chi connectivity index (χ4n) is 2.77. The van der Waals surface area contributed by atoms with Crippen LogP contribution in [0.2, 0.25) is 10.0 Å². The highest BCUT2D eigenvalue weighted by Gasteiger charge is 2.14. The molecule has 0 saturated carbocycles. The summed E-state index contributed by atoms with van der Waals surface area (Å²) in [5.74, 6) is -0.0798. The van der Waals surface area contributed by atoms with Crippen molar-refractivity contribution in [1.29, 1.82) is 0 Å². The van der Waals surface area contributed by atoms with Crippen LogP contribution in [-0.2, 0) is 17.8 Å². The number of phenols is 1. The molecule has 154 valence electrons. The summed E-state index contributed by atoms with van der Waals surface area (Å²) in [5.41, 5.74) is 1.37. The Hall–Kier alpha value is -2.74. The quantitative estimate of drug-likeness (QED) is 0.181. The standard InChI is InChI=1S/C21H16Cl2N2O4S/c22-15-1-4-18(5-2-15)30-20-6-3-17(25(28)29)10-14(20)12-24-19-11-16(23)9-13(7-8-26)21(19)27/h1-6,8-11,24,27H,7,12H2. The molecule has 0 fully saturated rings. The first-order valence-electron chi connectivity index (χ1n) is 8.77. The van der Waals surface area contributed by atoms with Crippen molar-refractivity contribution in [2.45, 2.75) is 22.8 Å². The summed E-state index contributed by atoms with van der Waals surface area (Å²) in [5, 5.41) is 25.7. The van der Waals surface area contributed by atoms with Gasteiger partial charge in [0.05, 0.1) is 10.6 Å². The summed E-state index contributed by atoms with van der Waals surface area (Å²) in [4.78, 5) is 23.3. The second-order valence-electron chi connectivity index (χ2n) is 6.29. The molecule has 0 spiro atoms. The van der Waals surface area contributed by atoms with Gasteiger partial charge in [0.25, 0.3) is 5.69 Å². The molecule has 0 heterocycles. The molecular formula is C21H16Cl2N2O4S. The van der Waals surface area contributed by atoms with E-state index in [1.165, 1.54) is 36.0 Å². The minimum Gasteiger partial charge on any atom is -0.505 e. The molecule has 0 bridgehead atoms. The molecule has 3 aromatic rings. The number of carbonyl (C=O) groups excluding carboxylic acids is 1. The van der Waals surface area contributed by atoms with Crippen LogP contribution in [0.1, 0.15) is 11.1 Å². The van der Waals surface area contributed by atoms with Crippen LogP contribution in [0.25, 0.3) is 0 Å². The molecule has 0 aliphatic heterocycles. The molecule has 0 aliphatic carbocycles. The Morgan fingerprint density at radius 2 is 1.77 bits per heavy atom. The van der Waals surface area contributed by atoms with Gasteiger partial charge in [0.1, 0.15) is 12.0 Å². The van der Waals surface area contributed by atoms with Gasteiger partial charge in [0.2, 0.25) is 0 Å². The SMILES string of the molecule is O=CCc1cc(Cl)cc(NCc2cc([N+](=O)[O-])ccc2Sc2ccc(Cl)cc2)c1O. The summed E-state index contributed by atoms with van der Waals surface area (Å²) < 4.78 is 0. The number of nitro groups is 1. The number of hydrogen-bond acceptors (Lipinski definition) is 6. The average Bonchev–Trinajstić information content (AvgIpc) is 2.72. The Bertz CT molecular complexity index is 1090. The molecule has 9 heteroatoms. The first-order valence-corrected chi connectivity index (χ1v) is 10.3. The number of hydrogen-bond donors (Lipinski definition) is 2. The molecule has 0 saturated heterocycles. The largest absolute Gasteiger partial charge is 0.505 e. The van der Waals surface area contributed by atoms with Gasteiger partial charge in [-0.15, -0.1) is 0 Å². The second-order valence-corrected chi connectivity index (χ2v) is 8.28. The molecule has 0 aliphatic rings. The third-order valence-corrected chi connectivity index (χ3v) is 5.82. The number of nitrogens with one attached hydrogen (secondary N) is 1. The number of carbonyl (C=O) groups is 1. The Balaban J connectivity index is 1.90. The molecule has 3 aromatic carbocycles. The lowest BCUT2D eigenvalue weighted by Crippen LogP contribution is -2.03. The Morgan fingerprint density at radius 3 is 2.43 bits per heavy atom. The minimum absolute atomic E-state index is 0.0234. The Kier molecular flexibility index (Phi) is 7.20. The van der Waals surface area contributed by atoms with Crippen LogP contribution in [0.5, 0.6) is 5.75 Å². The van der Waals surface area contributed by atoms with Crippen molar-refractivity contribution in [3.05, 3.63) is 85.9 Å². The normalized spacial score (nSPS) is 10.6. The van der Waals surface area contributed by atoms with Crippen molar-refractivity contribution in [3.8, 4) is 5.75 Å². The van der Waals surface area contributed by atoms with E-state index < -0.39 is 4.92 Å². The van der Waals surface area contributed by atoms with Crippen LogP contribution in [0.4, 0.5) is 11.4 Å². The maximum Gasteiger partial charge on any atom is 0.269 e.